The van der Waals surface area contributed by atoms with Gasteiger partial charge in [0.1, 0.15) is 6.20 Å². The monoisotopic (exact) mass is 283 g/mol. The number of amides is 1. The Labute approximate surface area is 110 Å². The number of carbonyl (C=O) groups is 1. The lowest BCUT2D eigenvalue weighted by atomic mass is 10.2. The van der Waals surface area contributed by atoms with Gasteiger partial charge in [-0.15, -0.1) is 0 Å². The number of nitro groups is 1. The second-order valence-corrected chi connectivity index (χ2v) is 4.67. The molecular formula is C10H6ClN3O3S. The minimum absolute atomic E-state index is 0.124. The lowest BCUT2D eigenvalue weighted by Gasteiger charge is -2.00. The van der Waals surface area contributed by atoms with Crippen molar-refractivity contribution in [3.05, 3.63) is 51.2 Å². The number of hydrogen-bond acceptors (Lipinski definition) is 5. The average Bonchev–Trinajstić information content (AvgIpc) is 2.78. The molecular weight excluding hydrogens is 278 g/mol. The van der Waals surface area contributed by atoms with Crippen LogP contribution >= 0.6 is 22.9 Å². The molecule has 0 aliphatic carbocycles. The van der Waals surface area contributed by atoms with Crippen LogP contribution in [-0.4, -0.2) is 15.8 Å². The summed E-state index contributed by atoms with van der Waals surface area (Å²) in [6, 6.07) is 6.28. The lowest BCUT2D eigenvalue weighted by molar-refractivity contribution is -0.380. The molecule has 1 N–H and O–H groups in total. The van der Waals surface area contributed by atoms with Gasteiger partial charge in [-0.05, 0) is 35.6 Å². The smallest absolute Gasteiger partial charge is 0.298 e. The molecule has 2 aromatic rings. The van der Waals surface area contributed by atoms with E-state index < -0.39 is 10.8 Å². The summed E-state index contributed by atoms with van der Waals surface area (Å²) in [5.74, 6) is -0.393. The molecule has 1 aromatic carbocycles. The first kappa shape index (κ1) is 12.5. The van der Waals surface area contributed by atoms with Crippen molar-refractivity contribution in [2.75, 3.05) is 5.32 Å². The van der Waals surface area contributed by atoms with Crippen LogP contribution in [0.15, 0.2) is 30.5 Å². The van der Waals surface area contributed by atoms with E-state index in [1.165, 1.54) is 0 Å². The summed E-state index contributed by atoms with van der Waals surface area (Å²) in [6.07, 6.45) is 1.10. The number of anilines is 1. The van der Waals surface area contributed by atoms with Crippen molar-refractivity contribution >= 4 is 39.0 Å². The molecule has 0 saturated heterocycles. The van der Waals surface area contributed by atoms with E-state index >= 15 is 0 Å². The fourth-order valence-electron chi connectivity index (χ4n) is 1.18. The van der Waals surface area contributed by atoms with Crippen LogP contribution in [0.2, 0.25) is 5.02 Å². The van der Waals surface area contributed by atoms with E-state index in [9.17, 15) is 14.9 Å². The quantitative estimate of drug-likeness (QED) is 0.693. The number of hydrogen-bond donors (Lipinski definition) is 1. The maximum atomic E-state index is 11.7. The van der Waals surface area contributed by atoms with Gasteiger partial charge in [0.15, 0.2) is 5.13 Å². The first-order valence-corrected chi connectivity index (χ1v) is 5.93. The van der Waals surface area contributed by atoms with E-state index in [4.69, 9.17) is 11.6 Å². The highest BCUT2D eigenvalue weighted by atomic mass is 35.5. The zero-order valence-electron chi connectivity index (χ0n) is 8.79. The summed E-state index contributed by atoms with van der Waals surface area (Å²) >= 11 is 6.50. The van der Waals surface area contributed by atoms with Gasteiger partial charge in [0.25, 0.3) is 5.91 Å². The van der Waals surface area contributed by atoms with E-state index in [0.717, 1.165) is 17.5 Å². The van der Waals surface area contributed by atoms with Gasteiger partial charge in [0.2, 0.25) is 0 Å². The second kappa shape index (κ2) is 5.11. The fraction of sp³-hybridized carbons (Fsp3) is 0. The third-order valence-corrected chi connectivity index (χ3v) is 3.12. The van der Waals surface area contributed by atoms with Gasteiger partial charge in [-0.3, -0.25) is 20.2 Å². The van der Waals surface area contributed by atoms with Crippen molar-refractivity contribution in [1.29, 1.82) is 0 Å². The van der Waals surface area contributed by atoms with E-state index in [-0.39, 0.29) is 10.1 Å². The standard InChI is InChI=1S/C10H6ClN3O3S/c11-7-3-1-6(2-4-7)9(15)13-10-12-5-8(18-10)14(16)17/h1-5H,(H,12,13,15). The van der Waals surface area contributed by atoms with Crippen LogP contribution in [0.5, 0.6) is 0 Å². The zero-order valence-corrected chi connectivity index (χ0v) is 10.4. The molecule has 0 bridgehead atoms. The van der Waals surface area contributed by atoms with Crippen LogP contribution < -0.4 is 5.32 Å². The summed E-state index contributed by atoms with van der Waals surface area (Å²) in [5.41, 5.74) is 0.400. The van der Waals surface area contributed by atoms with Crippen molar-refractivity contribution in [3.8, 4) is 0 Å². The third-order valence-electron chi connectivity index (χ3n) is 2.00. The maximum Gasteiger partial charge on any atom is 0.345 e. The highest BCUT2D eigenvalue weighted by molar-refractivity contribution is 7.18. The van der Waals surface area contributed by atoms with Crippen molar-refractivity contribution < 1.29 is 9.72 Å². The van der Waals surface area contributed by atoms with E-state index in [2.05, 4.69) is 10.3 Å². The number of benzene rings is 1. The molecule has 0 aliphatic heterocycles. The summed E-state index contributed by atoms with van der Waals surface area (Å²) < 4.78 is 0. The Hall–Kier alpha value is -1.99. The molecule has 1 heterocycles. The molecule has 0 unspecified atom stereocenters. The number of thiazole rings is 1. The van der Waals surface area contributed by atoms with Crippen molar-refractivity contribution in [2.24, 2.45) is 0 Å². The largest absolute Gasteiger partial charge is 0.345 e. The van der Waals surface area contributed by atoms with Crippen LogP contribution in [-0.2, 0) is 0 Å². The molecule has 92 valence electrons. The summed E-state index contributed by atoms with van der Waals surface area (Å²) in [7, 11) is 0. The Bertz CT molecular complexity index is 597. The summed E-state index contributed by atoms with van der Waals surface area (Å²) in [4.78, 5) is 25.4. The predicted molar refractivity (Wildman–Crippen MR) is 68.2 cm³/mol. The van der Waals surface area contributed by atoms with Gasteiger partial charge in [0.05, 0.1) is 4.92 Å². The van der Waals surface area contributed by atoms with Gasteiger partial charge in [0, 0.05) is 10.6 Å². The van der Waals surface area contributed by atoms with Gasteiger partial charge in [-0.1, -0.05) is 11.6 Å². The maximum absolute atomic E-state index is 11.7. The number of nitrogens with zero attached hydrogens (tertiary/aromatic N) is 2. The Morgan fingerprint density at radius 3 is 2.61 bits per heavy atom. The molecule has 2 rings (SSSR count). The van der Waals surface area contributed by atoms with Crippen LogP contribution in [0.4, 0.5) is 10.1 Å². The van der Waals surface area contributed by atoms with Crippen LogP contribution in [0, 0.1) is 10.1 Å². The first-order valence-electron chi connectivity index (χ1n) is 4.73. The first-order chi connectivity index (χ1) is 8.56. The van der Waals surface area contributed by atoms with Gasteiger partial charge in [-0.25, -0.2) is 4.98 Å². The summed E-state index contributed by atoms with van der Waals surface area (Å²) in [6.45, 7) is 0. The summed E-state index contributed by atoms with van der Waals surface area (Å²) in [5, 5.41) is 13.5. The molecule has 18 heavy (non-hydrogen) atoms. The molecule has 0 fully saturated rings. The molecule has 0 saturated carbocycles. The van der Waals surface area contributed by atoms with E-state index in [0.29, 0.717) is 10.6 Å². The van der Waals surface area contributed by atoms with Crippen molar-refractivity contribution in [3.63, 3.8) is 0 Å². The number of rotatable bonds is 3. The Morgan fingerprint density at radius 2 is 2.06 bits per heavy atom. The Kier molecular flexibility index (Phi) is 3.54. The zero-order chi connectivity index (χ0) is 13.1. The Morgan fingerprint density at radius 1 is 1.39 bits per heavy atom. The SMILES string of the molecule is O=C(Nc1ncc([N+](=O)[O-])s1)c1ccc(Cl)cc1. The molecule has 0 aliphatic rings. The van der Waals surface area contributed by atoms with Gasteiger partial charge in [-0.2, -0.15) is 0 Å². The van der Waals surface area contributed by atoms with Crippen molar-refractivity contribution in [2.45, 2.75) is 0 Å². The highest BCUT2D eigenvalue weighted by Crippen LogP contribution is 2.25. The highest BCUT2D eigenvalue weighted by Gasteiger charge is 2.14. The molecule has 8 heteroatoms. The fourth-order valence-corrected chi connectivity index (χ4v) is 1.93. The van der Waals surface area contributed by atoms with Crippen molar-refractivity contribution in [1.82, 2.24) is 4.98 Å². The average molecular weight is 284 g/mol. The number of aromatic nitrogens is 1. The number of nitrogens with one attached hydrogen (secondary N) is 1. The molecule has 0 spiro atoms. The topological polar surface area (TPSA) is 85.1 Å². The van der Waals surface area contributed by atoms with Gasteiger partial charge >= 0.3 is 5.00 Å². The molecule has 1 amide bonds. The minimum Gasteiger partial charge on any atom is -0.298 e. The van der Waals surface area contributed by atoms with E-state index in [1.807, 2.05) is 0 Å². The Balaban J connectivity index is 2.11. The predicted octanol–water partition coefficient (Wildman–Crippen LogP) is 2.96. The van der Waals surface area contributed by atoms with Gasteiger partial charge < -0.3 is 0 Å². The normalized spacial score (nSPS) is 10.1. The number of halogens is 1. The third kappa shape index (κ3) is 2.82. The lowest BCUT2D eigenvalue weighted by Crippen LogP contribution is -2.11. The molecule has 0 radical (unpaired) electrons. The molecule has 0 atom stereocenters. The minimum atomic E-state index is -0.560. The van der Waals surface area contributed by atoms with Crippen LogP contribution in [0.3, 0.4) is 0 Å². The second-order valence-electron chi connectivity index (χ2n) is 3.22. The molecule has 1 aromatic heterocycles. The van der Waals surface area contributed by atoms with Crippen LogP contribution in [0.25, 0.3) is 0 Å². The van der Waals surface area contributed by atoms with Crippen LogP contribution in [0.1, 0.15) is 10.4 Å². The number of carbonyl (C=O) groups excluding carboxylic acids is 1. The molecule has 6 nitrogen and oxygen atoms in total. The van der Waals surface area contributed by atoms with E-state index in [1.54, 1.807) is 24.3 Å².